The fourth-order valence-electron chi connectivity index (χ4n) is 1.41. The Kier molecular flexibility index (Phi) is 5.49. The molecular weight excluding hydrogens is 251 g/mol. The summed E-state index contributed by atoms with van der Waals surface area (Å²) in [6, 6.07) is 3.27. The average molecular weight is 268 g/mol. The van der Waals surface area contributed by atoms with Crippen LogP contribution >= 0.6 is 12.4 Å². The molecule has 0 heterocycles. The van der Waals surface area contributed by atoms with Crippen molar-refractivity contribution in [2.45, 2.75) is 33.2 Å². The summed E-state index contributed by atoms with van der Waals surface area (Å²) in [6.07, 6.45) is -2.79. The predicted octanol–water partition coefficient (Wildman–Crippen LogP) is 4.23. The highest BCUT2D eigenvalue weighted by atomic mass is 35.5. The Morgan fingerprint density at radius 3 is 2.06 bits per heavy atom. The van der Waals surface area contributed by atoms with Gasteiger partial charge in [0.25, 0.3) is 6.43 Å². The van der Waals surface area contributed by atoms with Crippen LogP contribution in [0.5, 0.6) is 0 Å². The number of alkyl halides is 2. The predicted molar refractivity (Wildman–Crippen MR) is 65.0 cm³/mol. The molecule has 1 aromatic rings. The SMILES string of the molecule is CC(C)(C)[C@H](N)c1ccc(C(F)F)c(F)c1.Cl. The molecule has 1 rings (SSSR count). The highest BCUT2D eigenvalue weighted by molar-refractivity contribution is 5.85. The molecule has 0 aliphatic heterocycles. The molecule has 0 aliphatic rings. The Morgan fingerprint density at radius 2 is 1.71 bits per heavy atom. The highest BCUT2D eigenvalue weighted by Gasteiger charge is 2.24. The van der Waals surface area contributed by atoms with E-state index >= 15 is 0 Å². The molecule has 0 radical (unpaired) electrons. The van der Waals surface area contributed by atoms with Crippen LogP contribution in [0.1, 0.15) is 44.4 Å². The van der Waals surface area contributed by atoms with Crippen molar-refractivity contribution in [1.29, 1.82) is 0 Å². The summed E-state index contributed by atoms with van der Waals surface area (Å²) in [6.45, 7) is 5.74. The molecule has 0 aliphatic carbocycles. The first-order valence-electron chi connectivity index (χ1n) is 5.06. The van der Waals surface area contributed by atoms with Gasteiger partial charge in [0.15, 0.2) is 0 Å². The topological polar surface area (TPSA) is 26.0 Å². The normalized spacial score (nSPS) is 13.4. The van der Waals surface area contributed by atoms with Crippen molar-refractivity contribution in [3.8, 4) is 0 Å². The van der Waals surface area contributed by atoms with Gasteiger partial charge < -0.3 is 5.73 Å². The first kappa shape index (κ1) is 16.3. The number of halogens is 4. The van der Waals surface area contributed by atoms with Gasteiger partial charge in [-0.15, -0.1) is 12.4 Å². The lowest BCUT2D eigenvalue weighted by Gasteiger charge is -2.27. The van der Waals surface area contributed by atoms with E-state index in [0.717, 1.165) is 12.1 Å². The zero-order chi connectivity index (χ0) is 12.5. The molecule has 1 nitrogen and oxygen atoms in total. The van der Waals surface area contributed by atoms with E-state index in [2.05, 4.69) is 0 Å². The van der Waals surface area contributed by atoms with Crippen LogP contribution < -0.4 is 5.73 Å². The van der Waals surface area contributed by atoms with E-state index in [1.54, 1.807) is 0 Å². The fraction of sp³-hybridized carbons (Fsp3) is 0.500. The van der Waals surface area contributed by atoms with Crippen molar-refractivity contribution in [2.24, 2.45) is 11.1 Å². The van der Waals surface area contributed by atoms with E-state index < -0.39 is 17.8 Å². The fourth-order valence-corrected chi connectivity index (χ4v) is 1.41. The van der Waals surface area contributed by atoms with Crippen LogP contribution in [0, 0.1) is 11.2 Å². The molecule has 0 unspecified atom stereocenters. The molecule has 5 heteroatoms. The largest absolute Gasteiger partial charge is 0.324 e. The van der Waals surface area contributed by atoms with Crippen LogP contribution in [0.15, 0.2) is 18.2 Å². The van der Waals surface area contributed by atoms with E-state index in [4.69, 9.17) is 5.73 Å². The maximum Gasteiger partial charge on any atom is 0.266 e. The van der Waals surface area contributed by atoms with Crippen LogP contribution in [-0.4, -0.2) is 0 Å². The molecule has 17 heavy (non-hydrogen) atoms. The summed E-state index contributed by atoms with van der Waals surface area (Å²) in [5, 5.41) is 0. The summed E-state index contributed by atoms with van der Waals surface area (Å²) < 4.78 is 38.0. The molecule has 0 fully saturated rings. The number of hydrogen-bond donors (Lipinski definition) is 1. The smallest absolute Gasteiger partial charge is 0.266 e. The molecule has 98 valence electrons. The number of rotatable bonds is 2. The van der Waals surface area contributed by atoms with Gasteiger partial charge in [-0.1, -0.05) is 32.9 Å². The molecule has 1 aromatic carbocycles. The first-order chi connectivity index (χ1) is 7.23. The van der Waals surface area contributed by atoms with Gasteiger partial charge in [-0.3, -0.25) is 0 Å². The molecule has 1 atom stereocenters. The molecular formula is C12H17ClF3N. The summed E-state index contributed by atoms with van der Waals surface area (Å²) >= 11 is 0. The van der Waals surface area contributed by atoms with Gasteiger partial charge in [0.1, 0.15) is 5.82 Å². The Morgan fingerprint density at radius 1 is 1.18 bits per heavy atom. The minimum absolute atomic E-state index is 0. The molecule has 0 saturated heterocycles. The summed E-state index contributed by atoms with van der Waals surface area (Å²) in [5.41, 5.74) is 5.63. The first-order valence-corrected chi connectivity index (χ1v) is 5.06. The molecule has 0 spiro atoms. The molecule has 2 N–H and O–H groups in total. The second-order valence-electron chi connectivity index (χ2n) is 4.93. The lowest BCUT2D eigenvalue weighted by molar-refractivity contribution is 0.146. The van der Waals surface area contributed by atoms with E-state index in [0.29, 0.717) is 5.56 Å². The second kappa shape index (κ2) is 5.74. The lowest BCUT2D eigenvalue weighted by atomic mass is 9.83. The van der Waals surface area contributed by atoms with Gasteiger partial charge in [0.05, 0.1) is 5.56 Å². The van der Waals surface area contributed by atoms with E-state index in [9.17, 15) is 13.2 Å². The van der Waals surface area contributed by atoms with Crippen molar-refractivity contribution in [3.63, 3.8) is 0 Å². The van der Waals surface area contributed by atoms with Crippen molar-refractivity contribution < 1.29 is 13.2 Å². The minimum Gasteiger partial charge on any atom is -0.324 e. The number of nitrogens with two attached hydrogens (primary N) is 1. The molecule has 0 bridgehead atoms. The number of hydrogen-bond acceptors (Lipinski definition) is 1. The maximum atomic E-state index is 13.3. The lowest BCUT2D eigenvalue weighted by Crippen LogP contribution is -2.26. The Labute approximate surface area is 106 Å². The van der Waals surface area contributed by atoms with Crippen molar-refractivity contribution in [2.75, 3.05) is 0 Å². The van der Waals surface area contributed by atoms with E-state index in [-0.39, 0.29) is 23.9 Å². The summed E-state index contributed by atoms with van der Waals surface area (Å²) in [7, 11) is 0. The van der Waals surface area contributed by atoms with E-state index in [1.165, 1.54) is 6.07 Å². The zero-order valence-corrected chi connectivity index (χ0v) is 10.8. The maximum absolute atomic E-state index is 13.3. The van der Waals surface area contributed by atoms with E-state index in [1.807, 2.05) is 20.8 Å². The molecule has 0 saturated carbocycles. The minimum atomic E-state index is -2.79. The summed E-state index contributed by atoms with van der Waals surface area (Å²) in [5.74, 6) is -0.896. The third kappa shape index (κ3) is 3.89. The van der Waals surface area contributed by atoms with Gasteiger partial charge in [0.2, 0.25) is 0 Å². The quantitative estimate of drug-likeness (QED) is 0.853. The Hall–Kier alpha value is -0.740. The second-order valence-corrected chi connectivity index (χ2v) is 4.93. The Bertz CT molecular complexity index is 375. The van der Waals surface area contributed by atoms with Gasteiger partial charge in [-0.2, -0.15) is 0 Å². The van der Waals surface area contributed by atoms with Crippen LogP contribution in [0.4, 0.5) is 13.2 Å². The van der Waals surface area contributed by atoms with Crippen molar-refractivity contribution in [1.82, 2.24) is 0 Å². The van der Waals surface area contributed by atoms with Crippen molar-refractivity contribution >= 4 is 12.4 Å². The molecule has 0 aromatic heterocycles. The standard InChI is InChI=1S/C12H16F3N.ClH/c1-12(2,3)10(16)7-4-5-8(11(14)15)9(13)6-7;/h4-6,10-11H,16H2,1-3H3;1H/t10-;/m1./s1. The van der Waals surface area contributed by atoms with Crippen LogP contribution in [0.3, 0.4) is 0 Å². The van der Waals surface area contributed by atoms with Gasteiger partial charge in [0, 0.05) is 6.04 Å². The average Bonchev–Trinajstić information content (AvgIpc) is 2.14. The van der Waals surface area contributed by atoms with Crippen LogP contribution in [0.25, 0.3) is 0 Å². The third-order valence-electron chi connectivity index (χ3n) is 2.55. The van der Waals surface area contributed by atoms with Crippen LogP contribution in [-0.2, 0) is 0 Å². The van der Waals surface area contributed by atoms with Crippen LogP contribution in [0.2, 0.25) is 0 Å². The third-order valence-corrected chi connectivity index (χ3v) is 2.55. The van der Waals surface area contributed by atoms with Gasteiger partial charge >= 0.3 is 0 Å². The van der Waals surface area contributed by atoms with Crippen molar-refractivity contribution in [3.05, 3.63) is 35.1 Å². The molecule has 0 amide bonds. The van der Waals surface area contributed by atoms with Gasteiger partial charge in [-0.25, -0.2) is 13.2 Å². The zero-order valence-electron chi connectivity index (χ0n) is 10.0. The monoisotopic (exact) mass is 267 g/mol. The van der Waals surface area contributed by atoms with Gasteiger partial charge in [-0.05, 0) is 17.0 Å². The summed E-state index contributed by atoms with van der Waals surface area (Å²) in [4.78, 5) is 0. The highest BCUT2D eigenvalue weighted by Crippen LogP contribution is 2.32. The number of benzene rings is 1. The Balaban J connectivity index is 0.00000256.